The first kappa shape index (κ1) is 12.1. The lowest BCUT2D eigenvalue weighted by Gasteiger charge is -2.33. The Morgan fingerprint density at radius 2 is 2.00 bits per heavy atom. The van der Waals surface area contributed by atoms with Gasteiger partial charge in [-0.1, -0.05) is 12.8 Å². The van der Waals surface area contributed by atoms with E-state index in [1.54, 1.807) is 6.07 Å². The molecule has 4 rings (SSSR count). The third-order valence-corrected chi connectivity index (χ3v) is 5.00. The summed E-state index contributed by atoms with van der Waals surface area (Å²) in [5, 5.41) is 1.08. The molecule has 2 nitrogen and oxygen atoms in total. The van der Waals surface area contributed by atoms with Gasteiger partial charge in [-0.2, -0.15) is 0 Å². The zero-order valence-corrected chi connectivity index (χ0v) is 11.6. The second kappa shape index (κ2) is 4.72. The summed E-state index contributed by atoms with van der Waals surface area (Å²) in [7, 11) is 0. The maximum Gasteiger partial charge on any atom is 0.125 e. The highest BCUT2D eigenvalue weighted by atomic mass is 19.1. The third-order valence-electron chi connectivity index (χ3n) is 5.00. The summed E-state index contributed by atoms with van der Waals surface area (Å²) in [6, 6.07) is 7.73. The summed E-state index contributed by atoms with van der Waals surface area (Å²) >= 11 is 0. The van der Waals surface area contributed by atoms with E-state index in [4.69, 9.17) is 0 Å². The third kappa shape index (κ3) is 1.88. The van der Waals surface area contributed by atoms with Gasteiger partial charge in [-0.15, -0.1) is 0 Å². The molecule has 2 fully saturated rings. The van der Waals surface area contributed by atoms with Crippen LogP contribution in [0.1, 0.15) is 32.1 Å². The van der Waals surface area contributed by atoms with Gasteiger partial charge >= 0.3 is 0 Å². The van der Waals surface area contributed by atoms with Gasteiger partial charge in [0.15, 0.2) is 0 Å². The van der Waals surface area contributed by atoms with E-state index in [1.807, 2.05) is 12.3 Å². The zero-order valence-electron chi connectivity index (χ0n) is 11.6. The van der Waals surface area contributed by atoms with Crippen molar-refractivity contribution in [3.8, 4) is 0 Å². The first-order valence-corrected chi connectivity index (χ1v) is 7.64. The van der Waals surface area contributed by atoms with Crippen LogP contribution in [-0.2, 0) is 0 Å². The molecule has 1 aliphatic carbocycles. The molecule has 1 saturated heterocycles. The van der Waals surface area contributed by atoms with Crippen LogP contribution < -0.4 is 4.90 Å². The van der Waals surface area contributed by atoms with E-state index < -0.39 is 0 Å². The first-order valence-electron chi connectivity index (χ1n) is 7.64. The standard InChI is InChI=1S/C17H19FN2/c18-13-5-6-14-15(11-13)19-9-7-17(14)20-10-8-12-3-1-2-4-16(12)20/h5-7,9,11-12,16H,1-4,8,10H2. The maximum absolute atomic E-state index is 13.4. The Bertz CT molecular complexity index is 640. The van der Waals surface area contributed by atoms with Gasteiger partial charge in [0.2, 0.25) is 0 Å². The monoisotopic (exact) mass is 270 g/mol. The van der Waals surface area contributed by atoms with Crippen LogP contribution >= 0.6 is 0 Å². The summed E-state index contributed by atoms with van der Waals surface area (Å²) in [6.45, 7) is 1.13. The fourth-order valence-corrected chi connectivity index (χ4v) is 4.06. The maximum atomic E-state index is 13.4. The fourth-order valence-electron chi connectivity index (χ4n) is 4.06. The molecule has 2 atom stereocenters. The number of pyridine rings is 1. The summed E-state index contributed by atoms with van der Waals surface area (Å²) in [4.78, 5) is 6.86. The smallest absolute Gasteiger partial charge is 0.125 e. The van der Waals surface area contributed by atoms with Crippen LogP contribution in [-0.4, -0.2) is 17.6 Å². The van der Waals surface area contributed by atoms with Crippen molar-refractivity contribution in [1.29, 1.82) is 0 Å². The fraction of sp³-hybridized carbons (Fsp3) is 0.471. The number of rotatable bonds is 1. The van der Waals surface area contributed by atoms with Gasteiger partial charge in [0.25, 0.3) is 0 Å². The average Bonchev–Trinajstić information content (AvgIpc) is 2.90. The summed E-state index contributed by atoms with van der Waals surface area (Å²) < 4.78 is 13.4. The number of halogens is 1. The van der Waals surface area contributed by atoms with Crippen molar-refractivity contribution >= 4 is 16.6 Å². The molecule has 1 aliphatic heterocycles. The average molecular weight is 270 g/mol. The number of fused-ring (bicyclic) bond motifs is 2. The quantitative estimate of drug-likeness (QED) is 0.774. The lowest BCUT2D eigenvalue weighted by molar-refractivity contribution is 0.342. The van der Waals surface area contributed by atoms with Gasteiger partial charge in [0.05, 0.1) is 5.52 Å². The van der Waals surface area contributed by atoms with Crippen LogP contribution in [0.5, 0.6) is 0 Å². The van der Waals surface area contributed by atoms with Gasteiger partial charge in [0.1, 0.15) is 5.82 Å². The van der Waals surface area contributed by atoms with Crippen molar-refractivity contribution in [3.63, 3.8) is 0 Å². The Morgan fingerprint density at radius 3 is 2.95 bits per heavy atom. The predicted octanol–water partition coefficient (Wildman–Crippen LogP) is 4.14. The van der Waals surface area contributed by atoms with Crippen LogP contribution in [0.3, 0.4) is 0 Å². The van der Waals surface area contributed by atoms with Crippen molar-refractivity contribution in [1.82, 2.24) is 4.98 Å². The molecular weight excluding hydrogens is 251 g/mol. The molecule has 0 N–H and O–H groups in total. The van der Waals surface area contributed by atoms with E-state index in [-0.39, 0.29) is 5.82 Å². The van der Waals surface area contributed by atoms with Gasteiger partial charge in [-0.3, -0.25) is 4.98 Å². The van der Waals surface area contributed by atoms with Gasteiger partial charge in [-0.25, -0.2) is 4.39 Å². The summed E-state index contributed by atoms with van der Waals surface area (Å²) in [5.74, 6) is 0.645. The Labute approximate surface area is 118 Å². The summed E-state index contributed by atoms with van der Waals surface area (Å²) in [5.41, 5.74) is 2.01. The molecule has 0 bridgehead atoms. The second-order valence-corrected chi connectivity index (χ2v) is 6.09. The van der Waals surface area contributed by atoms with Gasteiger partial charge < -0.3 is 4.90 Å². The van der Waals surface area contributed by atoms with Crippen molar-refractivity contribution in [2.24, 2.45) is 5.92 Å². The molecule has 2 heterocycles. The normalized spacial score (nSPS) is 25.9. The largest absolute Gasteiger partial charge is 0.368 e. The number of hydrogen-bond donors (Lipinski definition) is 0. The van der Waals surface area contributed by atoms with Crippen LogP contribution in [0.25, 0.3) is 10.9 Å². The molecule has 1 saturated carbocycles. The number of hydrogen-bond acceptors (Lipinski definition) is 2. The minimum absolute atomic E-state index is 0.209. The number of aromatic nitrogens is 1. The number of anilines is 1. The van der Waals surface area contributed by atoms with E-state index in [2.05, 4.69) is 16.0 Å². The van der Waals surface area contributed by atoms with Crippen LogP contribution in [0.15, 0.2) is 30.5 Å². The Morgan fingerprint density at radius 1 is 1.10 bits per heavy atom. The van der Waals surface area contributed by atoms with Gasteiger partial charge in [-0.05, 0) is 43.4 Å². The van der Waals surface area contributed by atoms with Crippen LogP contribution in [0.2, 0.25) is 0 Å². The molecule has 1 aromatic carbocycles. The highest BCUT2D eigenvalue weighted by Gasteiger charge is 2.36. The number of benzene rings is 1. The SMILES string of the molecule is Fc1ccc2c(N3CCC4CCCCC43)ccnc2c1. The molecule has 2 aromatic rings. The minimum atomic E-state index is -0.209. The molecule has 20 heavy (non-hydrogen) atoms. The minimum Gasteiger partial charge on any atom is -0.368 e. The Kier molecular flexibility index (Phi) is 2.86. The van der Waals surface area contributed by atoms with E-state index >= 15 is 0 Å². The van der Waals surface area contributed by atoms with Crippen molar-refractivity contribution in [3.05, 3.63) is 36.3 Å². The molecule has 1 aromatic heterocycles. The molecule has 0 radical (unpaired) electrons. The molecule has 3 heteroatoms. The van der Waals surface area contributed by atoms with E-state index in [0.29, 0.717) is 6.04 Å². The molecule has 2 aliphatic rings. The van der Waals surface area contributed by atoms with Crippen molar-refractivity contribution in [2.45, 2.75) is 38.1 Å². The molecule has 2 unspecified atom stereocenters. The first-order chi connectivity index (χ1) is 9.83. The van der Waals surface area contributed by atoms with Gasteiger partial charge in [0, 0.05) is 35.9 Å². The van der Waals surface area contributed by atoms with Crippen LogP contribution in [0, 0.1) is 11.7 Å². The Balaban J connectivity index is 1.78. The second-order valence-electron chi connectivity index (χ2n) is 6.09. The Hall–Kier alpha value is -1.64. The topological polar surface area (TPSA) is 16.1 Å². The highest BCUT2D eigenvalue weighted by Crippen LogP contribution is 2.40. The molecule has 0 spiro atoms. The van der Waals surface area contributed by atoms with Crippen molar-refractivity contribution < 1.29 is 4.39 Å². The van der Waals surface area contributed by atoms with E-state index in [9.17, 15) is 4.39 Å². The molecule has 104 valence electrons. The van der Waals surface area contributed by atoms with E-state index in [0.717, 1.165) is 23.4 Å². The lowest BCUT2D eigenvalue weighted by Crippen LogP contribution is -2.34. The highest BCUT2D eigenvalue weighted by molar-refractivity contribution is 5.91. The number of nitrogens with zero attached hydrogens (tertiary/aromatic N) is 2. The predicted molar refractivity (Wildman–Crippen MR) is 79.4 cm³/mol. The lowest BCUT2D eigenvalue weighted by atomic mass is 9.85. The van der Waals surface area contributed by atoms with E-state index in [1.165, 1.54) is 43.9 Å². The molecular formula is C17H19FN2. The summed E-state index contributed by atoms with van der Waals surface area (Å²) in [6.07, 6.45) is 8.52. The zero-order chi connectivity index (χ0) is 13.5. The van der Waals surface area contributed by atoms with Crippen LogP contribution in [0.4, 0.5) is 10.1 Å². The molecule has 0 amide bonds. The van der Waals surface area contributed by atoms with Crippen molar-refractivity contribution in [2.75, 3.05) is 11.4 Å².